The number of carbonyl (C=O) groups is 1. The SMILES string of the molecule is CCc1nc(C#Cc2ccc(CCCC(C)C)cc2)ccc1C(=O)O. The molecule has 0 bridgehead atoms. The maximum absolute atomic E-state index is 11.1. The number of nitrogens with zero attached hydrogens (tertiary/aromatic N) is 1. The Morgan fingerprint density at radius 2 is 1.84 bits per heavy atom. The average molecular weight is 335 g/mol. The minimum Gasteiger partial charge on any atom is -0.478 e. The summed E-state index contributed by atoms with van der Waals surface area (Å²) >= 11 is 0. The zero-order chi connectivity index (χ0) is 18.2. The lowest BCUT2D eigenvalue weighted by molar-refractivity contribution is 0.0695. The van der Waals surface area contributed by atoms with Crippen LogP contribution in [0, 0.1) is 17.8 Å². The van der Waals surface area contributed by atoms with Crippen LogP contribution in [0.4, 0.5) is 0 Å². The summed E-state index contributed by atoms with van der Waals surface area (Å²) in [5, 5.41) is 9.14. The first kappa shape index (κ1) is 18.7. The number of benzene rings is 1. The van der Waals surface area contributed by atoms with E-state index in [4.69, 9.17) is 5.11 Å². The maximum atomic E-state index is 11.1. The standard InChI is InChI=1S/C22H25NO2/c1-4-21-20(22(24)25)15-14-19(23-21)13-12-18-10-8-17(9-11-18)7-5-6-16(2)3/h8-11,14-16H,4-7H2,1-3H3,(H,24,25). The van der Waals surface area contributed by atoms with Crippen LogP contribution in [0.15, 0.2) is 36.4 Å². The van der Waals surface area contributed by atoms with Crippen LogP contribution in [0.2, 0.25) is 0 Å². The molecule has 1 N–H and O–H groups in total. The highest BCUT2D eigenvalue weighted by Crippen LogP contribution is 2.12. The van der Waals surface area contributed by atoms with Crippen molar-refractivity contribution in [2.45, 2.75) is 46.5 Å². The van der Waals surface area contributed by atoms with Crippen LogP contribution in [-0.2, 0) is 12.8 Å². The molecule has 0 unspecified atom stereocenters. The van der Waals surface area contributed by atoms with E-state index in [1.165, 1.54) is 18.4 Å². The third kappa shape index (κ3) is 5.76. The fourth-order valence-electron chi connectivity index (χ4n) is 2.64. The molecule has 1 aromatic carbocycles. The molecule has 130 valence electrons. The van der Waals surface area contributed by atoms with Crippen molar-refractivity contribution in [1.82, 2.24) is 4.98 Å². The lowest BCUT2D eigenvalue weighted by Gasteiger charge is -2.04. The van der Waals surface area contributed by atoms with Gasteiger partial charge in [0.25, 0.3) is 0 Å². The fraction of sp³-hybridized carbons (Fsp3) is 0.364. The third-order valence-electron chi connectivity index (χ3n) is 4.08. The van der Waals surface area contributed by atoms with Gasteiger partial charge in [0.2, 0.25) is 0 Å². The van der Waals surface area contributed by atoms with Crippen molar-refractivity contribution in [2.75, 3.05) is 0 Å². The summed E-state index contributed by atoms with van der Waals surface area (Å²) in [5.41, 5.74) is 3.69. The summed E-state index contributed by atoms with van der Waals surface area (Å²) in [6.07, 6.45) is 4.13. The van der Waals surface area contributed by atoms with E-state index in [0.29, 0.717) is 17.8 Å². The number of pyridine rings is 1. The highest BCUT2D eigenvalue weighted by atomic mass is 16.4. The number of hydrogen-bond acceptors (Lipinski definition) is 2. The molecule has 0 radical (unpaired) electrons. The van der Waals surface area contributed by atoms with Crippen LogP contribution >= 0.6 is 0 Å². The second-order valence-corrected chi connectivity index (χ2v) is 6.58. The van der Waals surface area contributed by atoms with Crippen LogP contribution in [0.25, 0.3) is 0 Å². The van der Waals surface area contributed by atoms with Gasteiger partial charge in [0, 0.05) is 5.56 Å². The van der Waals surface area contributed by atoms with Crippen molar-refractivity contribution >= 4 is 5.97 Å². The lowest BCUT2D eigenvalue weighted by Crippen LogP contribution is -2.05. The van der Waals surface area contributed by atoms with Gasteiger partial charge >= 0.3 is 5.97 Å². The molecule has 0 saturated heterocycles. The Hall–Kier alpha value is -2.60. The molecule has 3 nitrogen and oxygen atoms in total. The number of aromatic carboxylic acids is 1. The van der Waals surface area contributed by atoms with Crippen molar-refractivity contribution < 1.29 is 9.90 Å². The second-order valence-electron chi connectivity index (χ2n) is 6.58. The van der Waals surface area contributed by atoms with Gasteiger partial charge in [-0.15, -0.1) is 0 Å². The Morgan fingerprint density at radius 3 is 2.44 bits per heavy atom. The summed E-state index contributed by atoms with van der Waals surface area (Å²) < 4.78 is 0. The smallest absolute Gasteiger partial charge is 0.337 e. The molecule has 0 amide bonds. The van der Waals surface area contributed by atoms with Gasteiger partial charge in [-0.05, 0) is 60.9 Å². The lowest BCUT2D eigenvalue weighted by atomic mass is 10.0. The summed E-state index contributed by atoms with van der Waals surface area (Å²) in [6, 6.07) is 11.6. The monoisotopic (exact) mass is 335 g/mol. The largest absolute Gasteiger partial charge is 0.478 e. The Balaban J connectivity index is 2.07. The highest BCUT2D eigenvalue weighted by Gasteiger charge is 2.09. The molecule has 0 fully saturated rings. The number of aromatic nitrogens is 1. The maximum Gasteiger partial charge on any atom is 0.337 e. The number of aryl methyl sites for hydroxylation is 2. The van der Waals surface area contributed by atoms with Crippen LogP contribution < -0.4 is 0 Å². The topological polar surface area (TPSA) is 50.2 Å². The van der Waals surface area contributed by atoms with Gasteiger partial charge in [-0.2, -0.15) is 0 Å². The van der Waals surface area contributed by atoms with E-state index in [-0.39, 0.29) is 5.56 Å². The molecule has 0 saturated carbocycles. The molecule has 1 aromatic heterocycles. The molecule has 3 heteroatoms. The molecule has 1 heterocycles. The van der Waals surface area contributed by atoms with Gasteiger partial charge in [0.15, 0.2) is 0 Å². The van der Waals surface area contributed by atoms with E-state index in [1.54, 1.807) is 12.1 Å². The summed E-state index contributed by atoms with van der Waals surface area (Å²) in [7, 11) is 0. The van der Waals surface area contributed by atoms with E-state index < -0.39 is 5.97 Å². The van der Waals surface area contributed by atoms with Crippen molar-refractivity contribution in [1.29, 1.82) is 0 Å². The predicted molar refractivity (Wildman–Crippen MR) is 101 cm³/mol. The first-order valence-corrected chi connectivity index (χ1v) is 8.83. The van der Waals surface area contributed by atoms with Gasteiger partial charge in [-0.1, -0.05) is 45.2 Å². The van der Waals surface area contributed by atoms with Gasteiger partial charge in [-0.25, -0.2) is 9.78 Å². The minimum atomic E-state index is -0.947. The quantitative estimate of drug-likeness (QED) is 0.777. The van der Waals surface area contributed by atoms with Gasteiger partial charge < -0.3 is 5.11 Å². The number of carboxylic acid groups (broad SMARTS) is 1. The fourth-order valence-corrected chi connectivity index (χ4v) is 2.64. The highest BCUT2D eigenvalue weighted by molar-refractivity contribution is 5.88. The van der Waals surface area contributed by atoms with E-state index in [1.807, 2.05) is 19.1 Å². The molecule has 0 aliphatic rings. The van der Waals surface area contributed by atoms with Crippen molar-refractivity contribution in [3.8, 4) is 11.8 Å². The third-order valence-corrected chi connectivity index (χ3v) is 4.08. The van der Waals surface area contributed by atoms with Gasteiger partial charge in [-0.3, -0.25) is 0 Å². The number of carboxylic acids is 1. The van der Waals surface area contributed by atoms with Crippen LogP contribution in [-0.4, -0.2) is 16.1 Å². The first-order chi connectivity index (χ1) is 12.0. The van der Waals surface area contributed by atoms with Gasteiger partial charge in [0.1, 0.15) is 5.69 Å². The molecular formula is C22H25NO2. The number of rotatable bonds is 6. The normalized spacial score (nSPS) is 10.4. The molecule has 2 rings (SSSR count). The molecule has 2 aromatic rings. The molecule has 0 atom stereocenters. The molecule has 25 heavy (non-hydrogen) atoms. The molecule has 0 spiro atoms. The average Bonchev–Trinajstić information content (AvgIpc) is 2.60. The van der Waals surface area contributed by atoms with E-state index >= 15 is 0 Å². The van der Waals surface area contributed by atoms with E-state index in [0.717, 1.165) is 17.9 Å². The Morgan fingerprint density at radius 1 is 1.12 bits per heavy atom. The number of hydrogen-bond donors (Lipinski definition) is 1. The summed E-state index contributed by atoms with van der Waals surface area (Å²) in [6.45, 7) is 6.39. The molecule has 0 aliphatic carbocycles. The summed E-state index contributed by atoms with van der Waals surface area (Å²) in [5.74, 6) is 5.93. The van der Waals surface area contributed by atoms with Crippen molar-refractivity contribution in [3.05, 3.63) is 64.5 Å². The van der Waals surface area contributed by atoms with Crippen LogP contribution in [0.5, 0.6) is 0 Å². The van der Waals surface area contributed by atoms with Crippen molar-refractivity contribution in [2.24, 2.45) is 5.92 Å². The Kier molecular flexibility index (Phi) is 6.77. The zero-order valence-corrected chi connectivity index (χ0v) is 15.2. The van der Waals surface area contributed by atoms with E-state index in [9.17, 15) is 4.79 Å². The predicted octanol–water partition coefficient (Wildman–Crippen LogP) is 4.72. The summed E-state index contributed by atoms with van der Waals surface area (Å²) in [4.78, 5) is 15.5. The van der Waals surface area contributed by atoms with E-state index in [2.05, 4.69) is 42.8 Å². The van der Waals surface area contributed by atoms with Crippen LogP contribution in [0.3, 0.4) is 0 Å². The van der Waals surface area contributed by atoms with Gasteiger partial charge in [0.05, 0.1) is 11.3 Å². The molecule has 0 aliphatic heterocycles. The first-order valence-electron chi connectivity index (χ1n) is 8.83. The molecular weight excluding hydrogens is 310 g/mol. The van der Waals surface area contributed by atoms with Crippen molar-refractivity contribution in [3.63, 3.8) is 0 Å². The Labute approximate surface area is 150 Å². The zero-order valence-electron chi connectivity index (χ0n) is 15.2. The van der Waals surface area contributed by atoms with Crippen LogP contribution in [0.1, 0.15) is 66.5 Å². The Bertz CT molecular complexity index is 780. The minimum absolute atomic E-state index is 0.249. The second kappa shape index (κ2) is 9.03.